The molecule has 0 radical (unpaired) electrons. The van der Waals surface area contributed by atoms with E-state index in [4.69, 9.17) is 4.74 Å². The Morgan fingerprint density at radius 3 is 2.49 bits per heavy atom. The third kappa shape index (κ3) is 8.75. The van der Waals surface area contributed by atoms with E-state index in [9.17, 15) is 32.8 Å². The number of hydrogen-bond acceptors (Lipinski definition) is 13. The lowest BCUT2D eigenvalue weighted by Crippen LogP contribution is -2.54. The number of nitrogens with one attached hydrogen (secondary N) is 2. The fourth-order valence-electron chi connectivity index (χ4n) is 9.69. The van der Waals surface area contributed by atoms with Crippen molar-refractivity contribution in [2.45, 2.75) is 63.5 Å². The van der Waals surface area contributed by atoms with E-state index >= 15 is 0 Å². The monoisotopic (exact) mass is 870 g/mol. The average Bonchev–Trinajstić information content (AvgIpc) is 3.98. The first-order valence-electron chi connectivity index (χ1n) is 21.9. The number of piperazine rings is 1. The number of fused-ring (bicyclic) bond motifs is 2. The topological polar surface area (TPSA) is 183 Å². The summed E-state index contributed by atoms with van der Waals surface area (Å²) in [6.45, 7) is 8.27. The lowest BCUT2D eigenvalue weighted by molar-refractivity contribution is -0.136. The zero-order valence-electron chi connectivity index (χ0n) is 35.3. The highest BCUT2D eigenvalue weighted by molar-refractivity contribution is 6.25. The van der Waals surface area contributed by atoms with Crippen molar-refractivity contribution < 1.29 is 37.5 Å². The number of piperidine rings is 1. The van der Waals surface area contributed by atoms with Gasteiger partial charge in [0.2, 0.25) is 11.8 Å². The SMILES string of the molecule is CN(CCCN1CCN(c2cccc3c2C(=O)N(C2CCC(=O)NC2=O)C3=O)CC1)CC1CCC(n2cc(NC(=O)c3cnn4ccc(N5CCOCC5)nc34)c(C(F)F)n2)CC1. The van der Waals surface area contributed by atoms with Crippen LogP contribution in [0.25, 0.3) is 5.65 Å². The maximum atomic E-state index is 14.3. The van der Waals surface area contributed by atoms with Crippen molar-refractivity contribution in [2.75, 3.05) is 94.3 Å². The van der Waals surface area contributed by atoms with Gasteiger partial charge in [-0.15, -0.1) is 0 Å². The van der Waals surface area contributed by atoms with Gasteiger partial charge in [-0.1, -0.05) is 6.07 Å². The number of anilines is 3. The molecule has 0 spiro atoms. The summed E-state index contributed by atoms with van der Waals surface area (Å²) in [5.74, 6) is -1.44. The van der Waals surface area contributed by atoms with Crippen LogP contribution in [0, 0.1) is 5.92 Å². The lowest BCUT2D eigenvalue weighted by Gasteiger charge is -2.37. The standard InChI is InChI=1S/C43H52F2N12O6/c1-51(13-3-14-52-16-18-53(19-17-52)32-5-2-4-29-36(32)43(62)57(42(29)61)33-10-11-35(58)49-41(33)60)25-27-6-8-28(9-7-27)56-26-31(37(50-56)38(44)45)47-40(59)30-24-46-55-15-12-34(48-39(30)55)54-20-22-63-23-21-54/h2,4-5,12,15,24,26-28,33,38H,3,6-11,13-14,16-23,25H2,1H3,(H,47,59)(H,49,58,60). The number of alkyl halides is 2. The van der Waals surface area contributed by atoms with Gasteiger partial charge in [0.25, 0.3) is 24.1 Å². The van der Waals surface area contributed by atoms with Crippen LogP contribution >= 0.6 is 0 Å². The van der Waals surface area contributed by atoms with Gasteiger partial charge in [-0.2, -0.15) is 10.2 Å². The summed E-state index contributed by atoms with van der Waals surface area (Å²) in [6.07, 6.45) is 6.41. The minimum absolute atomic E-state index is 0.0181. The van der Waals surface area contributed by atoms with Crippen LogP contribution in [0.4, 0.5) is 26.0 Å². The first-order valence-corrected chi connectivity index (χ1v) is 21.9. The molecule has 20 heteroatoms. The molecule has 2 N–H and O–H groups in total. The molecule has 4 aromatic rings. The largest absolute Gasteiger partial charge is 0.378 e. The molecule has 4 aliphatic heterocycles. The molecule has 5 amide bonds. The summed E-state index contributed by atoms with van der Waals surface area (Å²) in [5, 5.41) is 13.4. The van der Waals surface area contributed by atoms with E-state index in [1.54, 1.807) is 23.0 Å². The van der Waals surface area contributed by atoms with Gasteiger partial charge >= 0.3 is 0 Å². The molecule has 7 heterocycles. The van der Waals surface area contributed by atoms with Gasteiger partial charge in [0, 0.05) is 64.6 Å². The molecule has 1 saturated carbocycles. The normalized spacial score (nSPS) is 22.4. The smallest absolute Gasteiger partial charge is 0.284 e. The van der Waals surface area contributed by atoms with E-state index in [0.29, 0.717) is 68.0 Å². The van der Waals surface area contributed by atoms with Crippen molar-refractivity contribution >= 4 is 52.4 Å². The van der Waals surface area contributed by atoms with E-state index < -0.39 is 47.7 Å². The van der Waals surface area contributed by atoms with Crippen molar-refractivity contribution in [1.29, 1.82) is 0 Å². The zero-order chi connectivity index (χ0) is 43.8. The summed E-state index contributed by atoms with van der Waals surface area (Å²) in [7, 11) is 2.14. The first-order chi connectivity index (χ1) is 30.5. The Morgan fingerprint density at radius 1 is 0.968 bits per heavy atom. The number of benzene rings is 1. The van der Waals surface area contributed by atoms with Crippen molar-refractivity contribution in [3.05, 3.63) is 65.2 Å². The number of morpholine rings is 1. The molecular formula is C43H52F2N12O6. The molecule has 4 fully saturated rings. The molecule has 334 valence electrons. The summed E-state index contributed by atoms with van der Waals surface area (Å²) in [6, 6.07) is 6.02. The predicted octanol–water partition coefficient (Wildman–Crippen LogP) is 3.23. The molecule has 0 bridgehead atoms. The Hall–Kier alpha value is -5.86. The minimum Gasteiger partial charge on any atom is -0.378 e. The molecule has 1 aromatic carbocycles. The van der Waals surface area contributed by atoms with Gasteiger partial charge in [0.1, 0.15) is 17.4 Å². The Kier molecular flexibility index (Phi) is 12.2. The molecule has 1 unspecified atom stereocenters. The Balaban J connectivity index is 0.725. The van der Waals surface area contributed by atoms with Crippen LogP contribution in [0.2, 0.25) is 0 Å². The lowest BCUT2D eigenvalue weighted by atomic mass is 9.86. The number of aromatic nitrogens is 5. The Morgan fingerprint density at radius 2 is 1.75 bits per heavy atom. The van der Waals surface area contributed by atoms with Gasteiger partial charge in [0.15, 0.2) is 11.3 Å². The van der Waals surface area contributed by atoms with Gasteiger partial charge in [-0.25, -0.2) is 18.3 Å². The second-order valence-corrected chi connectivity index (χ2v) is 17.1. The second kappa shape index (κ2) is 18.1. The molecule has 1 atom stereocenters. The number of rotatable bonds is 13. The highest BCUT2D eigenvalue weighted by atomic mass is 19.3. The Labute approximate surface area is 362 Å². The predicted molar refractivity (Wildman–Crippen MR) is 226 cm³/mol. The maximum Gasteiger partial charge on any atom is 0.284 e. The van der Waals surface area contributed by atoms with E-state index in [-0.39, 0.29) is 35.7 Å². The van der Waals surface area contributed by atoms with E-state index in [1.165, 1.54) is 16.9 Å². The molecular weight excluding hydrogens is 819 g/mol. The van der Waals surface area contributed by atoms with Crippen molar-refractivity contribution in [1.82, 2.24) is 44.4 Å². The van der Waals surface area contributed by atoms with Crippen molar-refractivity contribution in [3.8, 4) is 0 Å². The third-order valence-electron chi connectivity index (χ3n) is 13.1. The summed E-state index contributed by atoms with van der Waals surface area (Å²) in [4.78, 5) is 79.3. The highest BCUT2D eigenvalue weighted by Crippen LogP contribution is 2.37. The average molecular weight is 871 g/mol. The number of nitrogens with zero attached hydrogens (tertiary/aromatic N) is 10. The number of amides is 5. The summed E-state index contributed by atoms with van der Waals surface area (Å²) in [5.41, 5.74) is 1.34. The van der Waals surface area contributed by atoms with E-state index in [2.05, 4.69) is 52.5 Å². The maximum absolute atomic E-state index is 14.3. The van der Waals surface area contributed by atoms with Crippen LogP contribution in [-0.2, 0) is 14.3 Å². The number of carbonyl (C=O) groups excluding carboxylic acids is 5. The number of ether oxygens (including phenoxy) is 1. The number of carbonyl (C=O) groups is 5. The van der Waals surface area contributed by atoms with Crippen LogP contribution in [0.1, 0.15) is 94.2 Å². The van der Waals surface area contributed by atoms with Gasteiger partial charge in [-0.3, -0.25) is 43.8 Å². The quantitative estimate of drug-likeness (QED) is 0.187. The highest BCUT2D eigenvalue weighted by Gasteiger charge is 2.46. The molecule has 5 aliphatic rings. The van der Waals surface area contributed by atoms with E-state index in [1.807, 2.05) is 12.1 Å². The van der Waals surface area contributed by atoms with Gasteiger partial charge in [0.05, 0.1) is 48.0 Å². The molecule has 3 aromatic heterocycles. The summed E-state index contributed by atoms with van der Waals surface area (Å²) >= 11 is 0. The van der Waals surface area contributed by atoms with E-state index in [0.717, 1.165) is 69.7 Å². The first kappa shape index (κ1) is 42.4. The van der Waals surface area contributed by atoms with Crippen molar-refractivity contribution in [2.24, 2.45) is 5.92 Å². The fraction of sp³-hybridized carbons (Fsp3) is 0.535. The van der Waals surface area contributed by atoms with Crippen LogP contribution in [0.3, 0.4) is 0 Å². The van der Waals surface area contributed by atoms with Gasteiger partial charge < -0.3 is 24.8 Å². The summed E-state index contributed by atoms with van der Waals surface area (Å²) < 4.78 is 37.0. The minimum atomic E-state index is -2.87. The molecule has 9 rings (SSSR count). The van der Waals surface area contributed by atoms with Crippen LogP contribution < -0.4 is 20.4 Å². The van der Waals surface area contributed by atoms with Crippen molar-refractivity contribution in [3.63, 3.8) is 0 Å². The number of hydrogen-bond donors (Lipinski definition) is 2. The van der Waals surface area contributed by atoms with Crippen LogP contribution in [-0.4, -0.2) is 154 Å². The number of imide groups is 2. The zero-order valence-corrected chi connectivity index (χ0v) is 35.3. The molecule has 18 nitrogen and oxygen atoms in total. The Bertz CT molecular complexity index is 2380. The van der Waals surface area contributed by atoms with Gasteiger partial charge in [-0.05, 0) is 82.8 Å². The second-order valence-electron chi connectivity index (χ2n) is 17.1. The van der Waals surface area contributed by atoms with Crippen LogP contribution in [0.15, 0.2) is 42.9 Å². The third-order valence-corrected chi connectivity index (χ3v) is 13.1. The van der Waals surface area contributed by atoms with Crippen LogP contribution in [0.5, 0.6) is 0 Å². The number of halogens is 2. The molecule has 63 heavy (non-hydrogen) atoms. The molecule has 1 aliphatic carbocycles. The molecule has 3 saturated heterocycles. The fourth-order valence-corrected chi connectivity index (χ4v) is 9.69.